The van der Waals surface area contributed by atoms with Crippen molar-refractivity contribution in [1.82, 2.24) is 31.5 Å². The lowest BCUT2D eigenvalue weighted by molar-refractivity contribution is -0.124. The fraction of sp³-hybridized carbons (Fsp3) is 0.939. The first-order chi connectivity index (χ1) is 21.3. The molecule has 0 aromatic carbocycles. The molecule has 11 heteroatoms. The molecule has 3 heterocycles. The second kappa shape index (κ2) is 16.7. The average Bonchev–Trinajstić information content (AvgIpc) is 3.01. The second-order valence-corrected chi connectivity index (χ2v) is 14.9. The van der Waals surface area contributed by atoms with Crippen molar-refractivity contribution in [3.63, 3.8) is 0 Å². The van der Waals surface area contributed by atoms with E-state index in [1.807, 2.05) is 21.0 Å². The van der Waals surface area contributed by atoms with E-state index in [4.69, 9.17) is 21.1 Å². The molecule has 0 aromatic rings. The molecule has 5 fully saturated rings. The Bertz CT molecular complexity index is 953. The van der Waals surface area contributed by atoms with Crippen LogP contribution in [-0.2, 0) is 14.3 Å². The van der Waals surface area contributed by atoms with E-state index in [0.717, 1.165) is 64.8 Å². The molecule has 2 saturated carbocycles. The topological polar surface area (TPSA) is 123 Å². The van der Waals surface area contributed by atoms with E-state index in [1.165, 1.54) is 19.3 Å². The third kappa shape index (κ3) is 9.07. The Labute approximate surface area is 270 Å². The van der Waals surface area contributed by atoms with Crippen molar-refractivity contribution in [1.29, 1.82) is 5.26 Å². The van der Waals surface area contributed by atoms with Gasteiger partial charge in [-0.05, 0) is 104 Å². The first kappa shape index (κ1) is 34.3. The minimum absolute atomic E-state index is 0.0233. The number of nitrogens with zero attached hydrogens (tertiary/aromatic N) is 2. The highest BCUT2D eigenvalue weighted by Crippen LogP contribution is 2.37. The number of fused-ring (bicyclic) bond motifs is 2. The van der Waals surface area contributed by atoms with Crippen LogP contribution in [0.25, 0.3) is 0 Å². The summed E-state index contributed by atoms with van der Waals surface area (Å²) in [6.07, 6.45) is 9.52. The van der Waals surface area contributed by atoms with Gasteiger partial charge >= 0.3 is 0 Å². The van der Waals surface area contributed by atoms with Crippen LogP contribution in [0.15, 0.2) is 0 Å². The second-order valence-electron chi connectivity index (χ2n) is 14.4. The summed E-state index contributed by atoms with van der Waals surface area (Å²) in [7, 11) is 4.06. The number of rotatable bonds is 12. The number of ether oxygens (including phenoxy) is 2. The van der Waals surface area contributed by atoms with E-state index < -0.39 is 0 Å². The Morgan fingerprint density at radius 1 is 1.00 bits per heavy atom. The van der Waals surface area contributed by atoms with E-state index in [2.05, 4.69) is 37.6 Å². The van der Waals surface area contributed by atoms with Crippen LogP contribution in [-0.4, -0.2) is 118 Å². The molecule has 0 radical (unpaired) electrons. The molecule has 0 bridgehead atoms. The van der Waals surface area contributed by atoms with Gasteiger partial charge in [-0.25, -0.2) is 0 Å². The lowest BCUT2D eigenvalue weighted by atomic mass is 9.69. The summed E-state index contributed by atoms with van der Waals surface area (Å²) < 4.78 is 12.6. The summed E-state index contributed by atoms with van der Waals surface area (Å²) >= 11 is 6.99. The number of alkyl halides is 1. The smallest absolute Gasteiger partial charge is 0.220 e. The van der Waals surface area contributed by atoms with Crippen molar-refractivity contribution in [2.24, 2.45) is 17.8 Å². The molecule has 12 unspecified atom stereocenters. The van der Waals surface area contributed by atoms with Crippen molar-refractivity contribution in [2.45, 2.75) is 125 Å². The Balaban J connectivity index is 1.14. The molecule has 5 N–H and O–H groups in total. The van der Waals surface area contributed by atoms with Gasteiger partial charge < -0.3 is 41.0 Å². The largest absolute Gasteiger partial charge is 0.376 e. The van der Waals surface area contributed by atoms with Crippen molar-refractivity contribution < 1.29 is 14.3 Å². The number of nitrogens with one attached hydrogen (secondary N) is 5. The summed E-state index contributed by atoms with van der Waals surface area (Å²) in [5, 5.41) is 28.5. The Hall–Kier alpha value is -1.03. The summed E-state index contributed by atoms with van der Waals surface area (Å²) in [4.78, 5) is 15.0. The maximum Gasteiger partial charge on any atom is 0.220 e. The lowest BCUT2D eigenvalue weighted by Crippen LogP contribution is -2.66. The monoisotopic (exact) mass is 635 g/mol. The van der Waals surface area contributed by atoms with Crippen LogP contribution >= 0.6 is 11.6 Å². The Morgan fingerprint density at radius 2 is 1.84 bits per heavy atom. The van der Waals surface area contributed by atoms with E-state index in [-0.39, 0.29) is 59.5 Å². The maximum absolute atomic E-state index is 12.9. The number of piperidine rings is 3. The van der Waals surface area contributed by atoms with Gasteiger partial charge in [0.15, 0.2) is 0 Å². The first-order valence-electron chi connectivity index (χ1n) is 17.5. The van der Waals surface area contributed by atoms with Crippen LogP contribution in [0, 0.1) is 29.1 Å². The number of halogens is 1. The molecule has 2 aliphatic carbocycles. The summed E-state index contributed by atoms with van der Waals surface area (Å²) in [5.74, 6) is 0.719. The number of nitriles is 1. The summed E-state index contributed by atoms with van der Waals surface area (Å²) in [6.45, 7) is 7.12. The minimum Gasteiger partial charge on any atom is -0.376 e. The number of carbonyl (C=O) groups is 1. The predicted molar refractivity (Wildman–Crippen MR) is 174 cm³/mol. The number of hydrogen-bond donors (Lipinski definition) is 5. The van der Waals surface area contributed by atoms with Crippen molar-refractivity contribution in [3.05, 3.63) is 0 Å². The molecule has 3 saturated heterocycles. The molecule has 5 aliphatic rings. The molecule has 12 atom stereocenters. The molecule has 44 heavy (non-hydrogen) atoms. The molecular weight excluding hydrogens is 578 g/mol. The molecule has 1 amide bonds. The van der Waals surface area contributed by atoms with Gasteiger partial charge in [-0.3, -0.25) is 4.79 Å². The highest BCUT2D eigenvalue weighted by Gasteiger charge is 2.47. The Morgan fingerprint density at radius 3 is 2.61 bits per heavy atom. The van der Waals surface area contributed by atoms with Crippen LogP contribution in [0.5, 0.6) is 0 Å². The molecule has 10 nitrogen and oxygen atoms in total. The summed E-state index contributed by atoms with van der Waals surface area (Å²) in [5.41, 5.74) is 0. The zero-order valence-corrected chi connectivity index (χ0v) is 28.0. The third-order valence-corrected chi connectivity index (χ3v) is 11.4. The highest BCUT2D eigenvalue weighted by atomic mass is 35.5. The van der Waals surface area contributed by atoms with Gasteiger partial charge in [0.2, 0.25) is 5.91 Å². The van der Waals surface area contributed by atoms with Crippen LogP contribution in [0.4, 0.5) is 0 Å². The van der Waals surface area contributed by atoms with Crippen LogP contribution in [0.1, 0.15) is 71.1 Å². The van der Waals surface area contributed by atoms with Crippen LogP contribution in [0.2, 0.25) is 0 Å². The van der Waals surface area contributed by atoms with E-state index >= 15 is 0 Å². The first-order valence-corrected chi connectivity index (χ1v) is 17.9. The van der Waals surface area contributed by atoms with Crippen LogP contribution in [0.3, 0.4) is 0 Å². The molecule has 5 rings (SSSR count). The predicted octanol–water partition coefficient (Wildman–Crippen LogP) is 1.97. The molecule has 0 aromatic heterocycles. The minimum atomic E-state index is -0.130. The number of hydrogen-bond acceptors (Lipinski definition) is 9. The number of amides is 1. The zero-order valence-electron chi connectivity index (χ0n) is 27.2. The normalized spacial score (nSPS) is 40.9. The maximum atomic E-state index is 12.9. The van der Waals surface area contributed by atoms with Gasteiger partial charge in [-0.2, -0.15) is 5.26 Å². The fourth-order valence-corrected chi connectivity index (χ4v) is 8.99. The van der Waals surface area contributed by atoms with Crippen molar-refractivity contribution in [2.75, 3.05) is 53.5 Å². The third-order valence-electron chi connectivity index (χ3n) is 10.9. The number of carbonyl (C=O) groups excluding carboxylic acids is 1. The van der Waals surface area contributed by atoms with Gasteiger partial charge in [0.25, 0.3) is 0 Å². The van der Waals surface area contributed by atoms with E-state index in [9.17, 15) is 10.1 Å². The molecule has 0 spiro atoms. The van der Waals surface area contributed by atoms with E-state index in [0.29, 0.717) is 37.6 Å². The van der Waals surface area contributed by atoms with Gasteiger partial charge in [0.05, 0.1) is 42.2 Å². The van der Waals surface area contributed by atoms with Gasteiger partial charge in [0.1, 0.15) is 0 Å². The van der Waals surface area contributed by atoms with E-state index in [1.54, 1.807) is 0 Å². The average molecular weight is 636 g/mol. The molecular formula is C33H58ClN7O3. The van der Waals surface area contributed by atoms with Gasteiger partial charge in [-0.1, -0.05) is 0 Å². The SMILES string of the molecule is CCOC1CC2NCC(C#N)C(NC3CCC(OCC4CNC5CCCNC5C4)C(Cl)C3)C2CC1NC(=O)CCCN(C)C. The fourth-order valence-electron chi connectivity index (χ4n) is 8.58. The quantitative estimate of drug-likeness (QED) is 0.205. The molecule has 3 aliphatic heterocycles. The van der Waals surface area contributed by atoms with Crippen LogP contribution < -0.4 is 26.6 Å². The van der Waals surface area contributed by atoms with Crippen molar-refractivity contribution >= 4 is 17.5 Å². The summed E-state index contributed by atoms with van der Waals surface area (Å²) in [6, 6.07) is 4.28. The van der Waals surface area contributed by atoms with Gasteiger partial charge in [-0.15, -0.1) is 11.6 Å². The lowest BCUT2D eigenvalue weighted by Gasteiger charge is -2.50. The van der Waals surface area contributed by atoms with Crippen molar-refractivity contribution in [3.8, 4) is 6.07 Å². The zero-order chi connectivity index (χ0) is 31.1. The molecule has 250 valence electrons. The Kier molecular flexibility index (Phi) is 13.0. The van der Waals surface area contributed by atoms with Gasteiger partial charge in [0, 0.05) is 56.3 Å². The standard InChI is InChI=1S/C33H58ClN7O3/c1-4-43-31-16-27-24(15-29(31)40-32(42)8-6-12-41(2)3)33(22(17-35)19-38-27)39-23-9-10-30(25(34)14-23)44-20-21-13-28-26(37-18-21)7-5-11-36-28/h21-31,33,36-39H,4-16,18-20H2,1-3H3,(H,40,42). The highest BCUT2D eigenvalue weighted by molar-refractivity contribution is 6.21.